The van der Waals surface area contributed by atoms with Crippen LogP contribution in [0.4, 0.5) is 0 Å². The summed E-state index contributed by atoms with van der Waals surface area (Å²) in [6.45, 7) is 3.20. The van der Waals surface area contributed by atoms with Gasteiger partial charge >= 0.3 is 0 Å². The molecule has 3 fully saturated rings. The quantitative estimate of drug-likeness (QED) is 0.881. The van der Waals surface area contributed by atoms with E-state index in [1.807, 2.05) is 6.07 Å². The third-order valence-corrected chi connectivity index (χ3v) is 5.59. The van der Waals surface area contributed by atoms with E-state index in [-0.39, 0.29) is 18.1 Å². The molecule has 0 radical (unpaired) electrons. The molecule has 0 aromatic heterocycles. The first kappa shape index (κ1) is 15.5. The van der Waals surface area contributed by atoms with Crippen LogP contribution in [0.5, 0.6) is 11.5 Å². The number of nitrogens with zero attached hydrogens (tertiary/aromatic N) is 1. The van der Waals surface area contributed by atoms with Crippen LogP contribution in [0.15, 0.2) is 18.2 Å². The summed E-state index contributed by atoms with van der Waals surface area (Å²) in [5.74, 6) is 2.38. The van der Waals surface area contributed by atoms with Crippen LogP contribution in [0.3, 0.4) is 0 Å². The number of rotatable bonds is 5. The van der Waals surface area contributed by atoms with E-state index >= 15 is 0 Å². The summed E-state index contributed by atoms with van der Waals surface area (Å²) < 4.78 is 17.0. The molecular weight excluding hydrogens is 320 g/mol. The van der Waals surface area contributed by atoms with E-state index in [0.29, 0.717) is 25.2 Å². The van der Waals surface area contributed by atoms with Gasteiger partial charge in [-0.1, -0.05) is 6.07 Å². The molecule has 2 saturated heterocycles. The standard InChI is InChI=1S/C19H24N2O4/c22-19(20-14-2-3-14)7-15-6-13-9-21(10-18(13)25-15)8-12-1-4-16-17(5-12)24-11-23-16/h1,4-5,13-15,18H,2-3,6-11H2,(H,20,22)/t13-,15+,18+/m0/s1. The summed E-state index contributed by atoms with van der Waals surface area (Å²) >= 11 is 0. The van der Waals surface area contributed by atoms with Gasteiger partial charge in [-0.3, -0.25) is 9.69 Å². The van der Waals surface area contributed by atoms with Gasteiger partial charge in [0.2, 0.25) is 12.7 Å². The number of fused-ring (bicyclic) bond motifs is 2. The van der Waals surface area contributed by atoms with Crippen LogP contribution in [0.25, 0.3) is 0 Å². The van der Waals surface area contributed by atoms with Crippen molar-refractivity contribution in [1.82, 2.24) is 10.2 Å². The molecule has 0 spiro atoms. The summed E-state index contributed by atoms with van der Waals surface area (Å²) in [4.78, 5) is 14.4. The van der Waals surface area contributed by atoms with Gasteiger partial charge < -0.3 is 19.5 Å². The summed E-state index contributed by atoms with van der Waals surface area (Å²) in [5.41, 5.74) is 1.24. The number of benzene rings is 1. The topological polar surface area (TPSA) is 60.0 Å². The maximum atomic E-state index is 11.9. The summed E-state index contributed by atoms with van der Waals surface area (Å²) in [6, 6.07) is 6.60. The van der Waals surface area contributed by atoms with E-state index < -0.39 is 0 Å². The van der Waals surface area contributed by atoms with Crippen molar-refractivity contribution < 1.29 is 19.0 Å². The number of carbonyl (C=O) groups is 1. The van der Waals surface area contributed by atoms with E-state index in [1.54, 1.807) is 0 Å². The highest BCUT2D eigenvalue weighted by Crippen LogP contribution is 2.36. The average molecular weight is 344 g/mol. The molecule has 1 N–H and O–H groups in total. The smallest absolute Gasteiger partial charge is 0.231 e. The molecule has 3 atom stereocenters. The van der Waals surface area contributed by atoms with Crippen molar-refractivity contribution in [2.75, 3.05) is 19.9 Å². The van der Waals surface area contributed by atoms with Gasteiger partial charge in [0, 0.05) is 31.6 Å². The molecule has 1 aromatic carbocycles. The Kier molecular flexibility index (Phi) is 3.82. The zero-order chi connectivity index (χ0) is 16.8. The maximum absolute atomic E-state index is 11.9. The predicted molar refractivity (Wildman–Crippen MR) is 90.4 cm³/mol. The monoisotopic (exact) mass is 344 g/mol. The molecule has 134 valence electrons. The van der Waals surface area contributed by atoms with Gasteiger partial charge in [-0.25, -0.2) is 0 Å². The minimum absolute atomic E-state index is 0.0986. The average Bonchev–Trinajstić information content (AvgIpc) is 2.98. The van der Waals surface area contributed by atoms with Crippen molar-refractivity contribution in [3.63, 3.8) is 0 Å². The van der Waals surface area contributed by atoms with Gasteiger partial charge in [0.05, 0.1) is 18.6 Å². The molecule has 1 aromatic rings. The van der Waals surface area contributed by atoms with Crippen molar-refractivity contribution in [1.29, 1.82) is 0 Å². The molecule has 0 unspecified atom stereocenters. The minimum Gasteiger partial charge on any atom is -0.454 e. The van der Waals surface area contributed by atoms with Crippen LogP contribution >= 0.6 is 0 Å². The van der Waals surface area contributed by atoms with Gasteiger partial charge in [0.1, 0.15) is 0 Å². The first-order valence-electron chi connectivity index (χ1n) is 9.28. The molecule has 25 heavy (non-hydrogen) atoms. The van der Waals surface area contributed by atoms with E-state index in [9.17, 15) is 4.79 Å². The zero-order valence-electron chi connectivity index (χ0n) is 14.3. The lowest BCUT2D eigenvalue weighted by Gasteiger charge is -2.19. The van der Waals surface area contributed by atoms with Crippen molar-refractivity contribution in [2.24, 2.45) is 5.92 Å². The summed E-state index contributed by atoms with van der Waals surface area (Å²) in [5, 5.41) is 3.06. The van der Waals surface area contributed by atoms with Crippen molar-refractivity contribution in [3.05, 3.63) is 23.8 Å². The number of ether oxygens (including phenoxy) is 3. The fourth-order valence-electron chi connectivity index (χ4n) is 4.23. The Labute approximate surface area is 147 Å². The molecule has 5 rings (SSSR count). The Hall–Kier alpha value is -1.79. The van der Waals surface area contributed by atoms with E-state index in [2.05, 4.69) is 22.3 Å². The lowest BCUT2D eigenvalue weighted by atomic mass is 10.0. The molecule has 1 saturated carbocycles. The molecule has 3 aliphatic heterocycles. The van der Waals surface area contributed by atoms with Gasteiger partial charge in [0.15, 0.2) is 11.5 Å². The van der Waals surface area contributed by atoms with Crippen LogP contribution in [-0.2, 0) is 16.1 Å². The predicted octanol–water partition coefficient (Wildman–Crippen LogP) is 1.67. The van der Waals surface area contributed by atoms with Gasteiger partial charge in [0.25, 0.3) is 0 Å². The zero-order valence-corrected chi connectivity index (χ0v) is 14.3. The van der Waals surface area contributed by atoms with Gasteiger partial charge in [-0.15, -0.1) is 0 Å². The van der Waals surface area contributed by atoms with Crippen LogP contribution < -0.4 is 14.8 Å². The second-order valence-electron chi connectivity index (χ2n) is 7.72. The normalized spacial score (nSPS) is 30.5. The Balaban J connectivity index is 1.12. The molecule has 6 nitrogen and oxygen atoms in total. The molecule has 0 bridgehead atoms. The van der Waals surface area contributed by atoms with Crippen LogP contribution in [0.2, 0.25) is 0 Å². The van der Waals surface area contributed by atoms with Crippen LogP contribution in [0.1, 0.15) is 31.2 Å². The Morgan fingerprint density at radius 1 is 1.20 bits per heavy atom. The fraction of sp³-hybridized carbons (Fsp3) is 0.632. The molecule has 1 amide bonds. The third kappa shape index (κ3) is 3.33. The second kappa shape index (κ2) is 6.18. The first-order chi connectivity index (χ1) is 12.2. The second-order valence-corrected chi connectivity index (χ2v) is 7.72. The number of likely N-dealkylation sites (tertiary alicyclic amines) is 1. The SMILES string of the molecule is O=C(C[C@H]1C[C@H]2CN(Cc3ccc4c(c3)OCO4)C[C@H]2O1)NC1CC1. The van der Waals surface area contributed by atoms with Gasteiger partial charge in [-0.05, 0) is 37.0 Å². The first-order valence-corrected chi connectivity index (χ1v) is 9.28. The van der Waals surface area contributed by atoms with Gasteiger partial charge in [-0.2, -0.15) is 0 Å². The summed E-state index contributed by atoms with van der Waals surface area (Å²) in [7, 11) is 0. The minimum atomic E-state index is 0.0986. The largest absolute Gasteiger partial charge is 0.454 e. The Bertz CT molecular complexity index is 661. The number of hydrogen-bond acceptors (Lipinski definition) is 5. The number of amides is 1. The molecule has 4 aliphatic rings. The van der Waals surface area contributed by atoms with Crippen molar-refractivity contribution in [2.45, 2.75) is 50.5 Å². The van der Waals surface area contributed by atoms with Crippen molar-refractivity contribution in [3.8, 4) is 11.5 Å². The van der Waals surface area contributed by atoms with Crippen LogP contribution in [0, 0.1) is 5.92 Å². The molecule has 1 aliphatic carbocycles. The maximum Gasteiger partial charge on any atom is 0.231 e. The third-order valence-electron chi connectivity index (χ3n) is 5.59. The molecule has 3 heterocycles. The lowest BCUT2D eigenvalue weighted by molar-refractivity contribution is -0.123. The fourth-order valence-corrected chi connectivity index (χ4v) is 4.23. The highest BCUT2D eigenvalue weighted by atomic mass is 16.7. The highest BCUT2D eigenvalue weighted by molar-refractivity contribution is 5.77. The number of carbonyl (C=O) groups excluding carboxylic acids is 1. The Morgan fingerprint density at radius 3 is 2.92 bits per heavy atom. The molecular formula is C19H24N2O4. The van der Waals surface area contributed by atoms with E-state index in [1.165, 1.54) is 5.56 Å². The Morgan fingerprint density at radius 2 is 2.08 bits per heavy atom. The van der Waals surface area contributed by atoms with E-state index in [0.717, 1.165) is 50.4 Å². The van der Waals surface area contributed by atoms with E-state index in [4.69, 9.17) is 14.2 Å². The number of nitrogens with one attached hydrogen (secondary N) is 1. The van der Waals surface area contributed by atoms with Crippen molar-refractivity contribution >= 4 is 5.91 Å². The highest BCUT2D eigenvalue weighted by Gasteiger charge is 2.42. The van der Waals surface area contributed by atoms with Crippen LogP contribution in [-0.4, -0.2) is 48.9 Å². The lowest BCUT2D eigenvalue weighted by Crippen LogP contribution is -2.30. The number of hydrogen-bond donors (Lipinski definition) is 1. The molecule has 6 heteroatoms. The summed E-state index contributed by atoms with van der Waals surface area (Å²) in [6.07, 6.45) is 4.16.